The molecule has 0 aromatic heterocycles. The smallest absolute Gasteiger partial charge is 0.178 e. The molecule has 1 saturated carbocycles. The minimum absolute atomic E-state index is 0.0195. The summed E-state index contributed by atoms with van der Waals surface area (Å²) < 4.78 is 44.0. The zero-order chi connectivity index (χ0) is 26.6. The van der Waals surface area contributed by atoms with Crippen LogP contribution in [0.25, 0.3) is 0 Å². The van der Waals surface area contributed by atoms with Gasteiger partial charge in [0.05, 0.1) is 23.9 Å². The molecule has 0 radical (unpaired) electrons. The minimum Gasteiger partial charge on any atom is -0.494 e. The highest BCUT2D eigenvalue weighted by atomic mass is 35.5. The van der Waals surface area contributed by atoms with Crippen molar-refractivity contribution in [3.05, 3.63) is 94.0 Å². The van der Waals surface area contributed by atoms with E-state index in [9.17, 15) is 12.8 Å². The van der Waals surface area contributed by atoms with Crippen molar-refractivity contribution in [2.24, 2.45) is 0 Å². The second-order valence-electron chi connectivity index (χ2n) is 10.5. The van der Waals surface area contributed by atoms with Crippen LogP contribution >= 0.6 is 11.6 Å². The van der Waals surface area contributed by atoms with E-state index in [1.165, 1.54) is 23.1 Å². The lowest BCUT2D eigenvalue weighted by Gasteiger charge is -2.50. The van der Waals surface area contributed by atoms with Crippen LogP contribution in [0.4, 0.5) is 4.39 Å². The quantitative estimate of drug-likeness (QED) is 0.265. The molecular formula is C31H35ClFNO3S. The monoisotopic (exact) mass is 555 g/mol. The van der Waals surface area contributed by atoms with Crippen molar-refractivity contribution in [2.45, 2.75) is 61.3 Å². The Bertz CT molecular complexity index is 1340. The maximum Gasteiger partial charge on any atom is 0.178 e. The summed E-state index contributed by atoms with van der Waals surface area (Å²) in [6.07, 6.45) is 5.92. The third-order valence-corrected chi connectivity index (χ3v) is 10.2. The second-order valence-corrected chi connectivity index (χ2v) is 13.0. The highest BCUT2D eigenvalue weighted by Crippen LogP contribution is 2.53. The SMILES string of the molecule is O=S(=O)(CCCOc1ccc2c(c1)C(C1(c3ccc(Cl)cc3)CCC1)NCC2)c1ccc(CCCF)cc1. The molecule has 4 nitrogen and oxygen atoms in total. The molecule has 1 atom stereocenters. The van der Waals surface area contributed by atoms with Gasteiger partial charge in [-0.3, -0.25) is 4.39 Å². The molecule has 1 unspecified atom stereocenters. The van der Waals surface area contributed by atoms with Crippen molar-refractivity contribution < 1.29 is 17.5 Å². The number of rotatable bonds is 11. The Hall–Kier alpha value is -2.41. The Kier molecular flexibility index (Phi) is 8.41. The Morgan fingerprint density at radius 3 is 2.45 bits per heavy atom. The lowest BCUT2D eigenvalue weighted by molar-refractivity contribution is 0.164. The second kappa shape index (κ2) is 11.8. The molecule has 0 saturated heterocycles. The van der Waals surface area contributed by atoms with Crippen LogP contribution in [0, 0.1) is 0 Å². The van der Waals surface area contributed by atoms with E-state index in [-0.39, 0.29) is 23.9 Å². The highest BCUT2D eigenvalue weighted by molar-refractivity contribution is 7.91. The van der Waals surface area contributed by atoms with E-state index in [0.29, 0.717) is 30.8 Å². The van der Waals surface area contributed by atoms with Gasteiger partial charge in [-0.2, -0.15) is 0 Å². The molecule has 1 heterocycles. The van der Waals surface area contributed by atoms with E-state index in [2.05, 4.69) is 29.6 Å². The van der Waals surface area contributed by atoms with Crippen molar-refractivity contribution in [2.75, 3.05) is 25.6 Å². The molecule has 2 aliphatic rings. The molecule has 1 N–H and O–H groups in total. The average molecular weight is 556 g/mol. The number of sulfone groups is 1. The lowest BCUT2D eigenvalue weighted by atomic mass is 9.58. The van der Waals surface area contributed by atoms with E-state index in [1.807, 2.05) is 18.2 Å². The molecular weight excluding hydrogens is 521 g/mol. The number of ether oxygens (including phenoxy) is 1. The fourth-order valence-corrected chi connectivity index (χ4v) is 7.30. The summed E-state index contributed by atoms with van der Waals surface area (Å²) in [5, 5.41) is 4.55. The van der Waals surface area contributed by atoms with Gasteiger partial charge in [0, 0.05) is 16.5 Å². The van der Waals surface area contributed by atoms with Crippen molar-refractivity contribution in [3.8, 4) is 5.75 Å². The minimum atomic E-state index is -3.40. The topological polar surface area (TPSA) is 55.4 Å². The van der Waals surface area contributed by atoms with Crippen molar-refractivity contribution in [3.63, 3.8) is 0 Å². The molecule has 0 bridgehead atoms. The van der Waals surface area contributed by atoms with Crippen LogP contribution in [0.3, 0.4) is 0 Å². The van der Waals surface area contributed by atoms with Crippen molar-refractivity contribution in [1.29, 1.82) is 0 Å². The highest BCUT2D eigenvalue weighted by Gasteiger charge is 2.47. The number of halogens is 2. The number of alkyl halides is 1. The largest absolute Gasteiger partial charge is 0.494 e. The molecule has 38 heavy (non-hydrogen) atoms. The Labute approximate surface area is 230 Å². The third-order valence-electron chi connectivity index (χ3n) is 8.10. The molecule has 5 rings (SSSR count). The van der Waals surface area contributed by atoms with Gasteiger partial charge in [0.2, 0.25) is 0 Å². The first-order valence-corrected chi connectivity index (χ1v) is 15.6. The predicted molar refractivity (Wildman–Crippen MR) is 151 cm³/mol. The zero-order valence-electron chi connectivity index (χ0n) is 21.6. The molecule has 1 aliphatic heterocycles. The first-order chi connectivity index (χ1) is 18.4. The van der Waals surface area contributed by atoms with Gasteiger partial charge in [0.15, 0.2) is 9.84 Å². The van der Waals surface area contributed by atoms with Gasteiger partial charge in [-0.1, -0.05) is 48.4 Å². The number of hydrogen-bond donors (Lipinski definition) is 1. The van der Waals surface area contributed by atoms with Gasteiger partial charge in [0.1, 0.15) is 5.75 Å². The van der Waals surface area contributed by atoms with Gasteiger partial charge in [-0.05, 0) is 104 Å². The molecule has 3 aromatic rings. The summed E-state index contributed by atoms with van der Waals surface area (Å²) in [5.74, 6) is 0.795. The first-order valence-electron chi connectivity index (χ1n) is 13.5. The van der Waals surface area contributed by atoms with Gasteiger partial charge < -0.3 is 10.1 Å². The molecule has 1 fully saturated rings. The van der Waals surface area contributed by atoms with Crippen LogP contribution in [0.1, 0.15) is 60.4 Å². The molecule has 7 heteroatoms. The summed E-state index contributed by atoms with van der Waals surface area (Å²) in [6.45, 7) is 0.902. The van der Waals surface area contributed by atoms with E-state index in [4.69, 9.17) is 16.3 Å². The van der Waals surface area contributed by atoms with Crippen molar-refractivity contribution >= 4 is 21.4 Å². The molecule has 202 valence electrons. The molecule has 1 aliphatic carbocycles. The number of benzene rings is 3. The standard InChI is InChI=1S/C31H35ClFNO3S/c32-26-10-8-25(9-11-26)31(16-2-17-31)30-29-22-27(12-7-24(29)15-19-34-30)37-20-3-21-38(35,36)28-13-5-23(6-14-28)4-1-18-33/h5-14,22,30,34H,1-4,15-21H2. The molecule has 3 aromatic carbocycles. The van der Waals surface area contributed by atoms with E-state index >= 15 is 0 Å². The van der Waals surface area contributed by atoms with E-state index in [1.54, 1.807) is 24.3 Å². The summed E-state index contributed by atoms with van der Waals surface area (Å²) in [5.41, 5.74) is 4.95. The van der Waals surface area contributed by atoms with Crippen molar-refractivity contribution in [1.82, 2.24) is 5.32 Å². The zero-order valence-corrected chi connectivity index (χ0v) is 23.2. The van der Waals surface area contributed by atoms with Crippen LogP contribution in [-0.4, -0.2) is 34.0 Å². The van der Waals surface area contributed by atoms with E-state index in [0.717, 1.165) is 42.1 Å². The number of nitrogens with one attached hydrogen (secondary N) is 1. The Morgan fingerprint density at radius 1 is 1.00 bits per heavy atom. The predicted octanol–water partition coefficient (Wildman–Crippen LogP) is 6.79. The summed E-state index contributed by atoms with van der Waals surface area (Å²) in [6, 6.07) is 21.6. The van der Waals surface area contributed by atoms with Crippen LogP contribution in [0.2, 0.25) is 5.02 Å². The maximum absolute atomic E-state index is 12.8. The van der Waals surface area contributed by atoms with Gasteiger partial charge >= 0.3 is 0 Å². The third kappa shape index (κ3) is 5.78. The van der Waals surface area contributed by atoms with Crippen LogP contribution in [-0.2, 0) is 28.1 Å². The number of fused-ring (bicyclic) bond motifs is 1. The van der Waals surface area contributed by atoms with Crippen LogP contribution < -0.4 is 10.1 Å². The van der Waals surface area contributed by atoms with Gasteiger partial charge in [0.25, 0.3) is 0 Å². The molecule has 0 amide bonds. The van der Waals surface area contributed by atoms with E-state index < -0.39 is 9.84 Å². The Balaban J connectivity index is 1.23. The molecule has 0 spiro atoms. The lowest BCUT2D eigenvalue weighted by Crippen LogP contribution is -2.49. The maximum atomic E-state index is 12.8. The van der Waals surface area contributed by atoms with Gasteiger partial charge in [-0.15, -0.1) is 0 Å². The van der Waals surface area contributed by atoms with Crippen LogP contribution in [0.15, 0.2) is 71.6 Å². The van der Waals surface area contributed by atoms with Crippen LogP contribution in [0.5, 0.6) is 5.75 Å². The Morgan fingerprint density at radius 2 is 1.76 bits per heavy atom. The average Bonchev–Trinajstić information content (AvgIpc) is 2.91. The summed E-state index contributed by atoms with van der Waals surface area (Å²) in [4.78, 5) is 0.303. The number of aryl methyl sites for hydroxylation is 1. The van der Waals surface area contributed by atoms with Gasteiger partial charge in [-0.25, -0.2) is 8.42 Å². The normalized spacial score (nSPS) is 18.4. The number of hydrogen-bond acceptors (Lipinski definition) is 4. The summed E-state index contributed by atoms with van der Waals surface area (Å²) in [7, 11) is -3.40. The summed E-state index contributed by atoms with van der Waals surface area (Å²) >= 11 is 6.18. The fraction of sp³-hybridized carbons (Fsp3) is 0.419. The fourth-order valence-electron chi connectivity index (χ4n) is 5.89. The first kappa shape index (κ1) is 27.2.